The van der Waals surface area contributed by atoms with E-state index in [9.17, 15) is 9.18 Å². The predicted octanol–water partition coefficient (Wildman–Crippen LogP) is 2.26. The molecule has 18 heavy (non-hydrogen) atoms. The average molecular weight is 318 g/mol. The molecule has 100 valence electrons. The van der Waals surface area contributed by atoms with E-state index < -0.39 is 5.82 Å². The van der Waals surface area contributed by atoms with Crippen LogP contribution in [0.5, 0.6) is 0 Å². The number of carbonyl (C=O) groups excluding carboxylic acids is 1. The largest absolute Gasteiger partial charge is 0.396 e. The van der Waals surface area contributed by atoms with Crippen LogP contribution in [0.15, 0.2) is 22.7 Å². The maximum absolute atomic E-state index is 13.5. The second kappa shape index (κ2) is 6.85. The summed E-state index contributed by atoms with van der Waals surface area (Å²) in [6, 6.07) is 4.37. The van der Waals surface area contributed by atoms with E-state index in [2.05, 4.69) is 21.2 Å². The number of halogens is 2. The number of benzene rings is 1. The van der Waals surface area contributed by atoms with Gasteiger partial charge in [0.15, 0.2) is 0 Å². The van der Waals surface area contributed by atoms with E-state index >= 15 is 0 Å². The number of amides is 1. The molecule has 1 aromatic rings. The van der Waals surface area contributed by atoms with Gasteiger partial charge in [-0.15, -0.1) is 0 Å². The first kappa shape index (κ1) is 15.1. The first-order valence-electron chi connectivity index (χ1n) is 5.78. The fourth-order valence-corrected chi connectivity index (χ4v) is 1.87. The monoisotopic (exact) mass is 317 g/mol. The Morgan fingerprint density at radius 3 is 2.78 bits per heavy atom. The maximum Gasteiger partial charge on any atom is 0.224 e. The minimum atomic E-state index is -0.392. The third-order valence-corrected chi connectivity index (χ3v) is 3.38. The lowest BCUT2D eigenvalue weighted by atomic mass is 10.0. The van der Waals surface area contributed by atoms with Crippen LogP contribution >= 0.6 is 15.9 Å². The molecule has 0 heterocycles. The zero-order valence-corrected chi connectivity index (χ0v) is 12.0. The molecule has 0 aromatic heterocycles. The van der Waals surface area contributed by atoms with Gasteiger partial charge in [-0.1, -0.05) is 22.9 Å². The Morgan fingerprint density at radius 1 is 1.50 bits per heavy atom. The van der Waals surface area contributed by atoms with E-state index in [1.54, 1.807) is 12.1 Å². The highest BCUT2D eigenvalue weighted by molar-refractivity contribution is 9.10. The molecule has 0 saturated carbocycles. The van der Waals surface area contributed by atoms with Crippen LogP contribution in [0.3, 0.4) is 0 Å². The topological polar surface area (TPSA) is 49.3 Å². The van der Waals surface area contributed by atoms with E-state index in [1.807, 2.05) is 13.8 Å². The van der Waals surface area contributed by atoms with Crippen molar-refractivity contribution in [1.82, 2.24) is 5.32 Å². The number of nitrogens with one attached hydrogen (secondary N) is 1. The van der Waals surface area contributed by atoms with E-state index in [-0.39, 0.29) is 30.9 Å². The molecule has 0 aliphatic carbocycles. The maximum atomic E-state index is 13.5. The average Bonchev–Trinajstić information content (AvgIpc) is 2.32. The van der Waals surface area contributed by atoms with Gasteiger partial charge in [-0.05, 0) is 36.6 Å². The van der Waals surface area contributed by atoms with Crippen LogP contribution in [-0.4, -0.2) is 23.7 Å². The molecule has 5 heteroatoms. The number of rotatable bonds is 5. The van der Waals surface area contributed by atoms with Gasteiger partial charge in [-0.3, -0.25) is 4.79 Å². The second-order valence-electron chi connectivity index (χ2n) is 4.43. The van der Waals surface area contributed by atoms with Crippen LogP contribution in [0.25, 0.3) is 0 Å². The quantitative estimate of drug-likeness (QED) is 0.875. The predicted molar refractivity (Wildman–Crippen MR) is 71.7 cm³/mol. The van der Waals surface area contributed by atoms with Crippen LogP contribution in [-0.2, 0) is 11.2 Å². The second-order valence-corrected chi connectivity index (χ2v) is 5.34. The van der Waals surface area contributed by atoms with Crippen molar-refractivity contribution in [2.24, 2.45) is 5.92 Å². The molecule has 0 aliphatic heterocycles. The highest BCUT2D eigenvalue weighted by Gasteiger charge is 2.15. The highest BCUT2D eigenvalue weighted by Crippen LogP contribution is 2.16. The molecule has 0 radical (unpaired) electrons. The Bertz CT molecular complexity index is 425. The summed E-state index contributed by atoms with van der Waals surface area (Å²) >= 11 is 3.24. The number of aliphatic hydroxyl groups is 1. The highest BCUT2D eigenvalue weighted by atomic mass is 79.9. The molecule has 2 N–H and O–H groups in total. The summed E-state index contributed by atoms with van der Waals surface area (Å²) in [5.41, 5.74) is 0.353. The number of aliphatic hydroxyl groups excluding tert-OH is 1. The Labute approximate surface area is 115 Å². The first-order valence-corrected chi connectivity index (χ1v) is 6.57. The summed E-state index contributed by atoms with van der Waals surface area (Å²) in [4.78, 5) is 11.7. The molecule has 2 atom stereocenters. The van der Waals surface area contributed by atoms with Crippen molar-refractivity contribution in [3.05, 3.63) is 34.1 Å². The normalized spacial score (nSPS) is 14.1. The number of carbonyl (C=O) groups is 1. The molecular weight excluding hydrogens is 301 g/mol. The van der Waals surface area contributed by atoms with Crippen molar-refractivity contribution in [2.45, 2.75) is 26.3 Å². The molecule has 1 aromatic carbocycles. The Hall–Kier alpha value is -0.940. The van der Waals surface area contributed by atoms with Crippen molar-refractivity contribution < 1.29 is 14.3 Å². The molecule has 2 unspecified atom stereocenters. The molecular formula is C13H17BrFNO2. The molecule has 0 saturated heterocycles. The molecule has 0 aliphatic rings. The standard InChI is InChI=1S/C13H17BrFNO2/c1-8(7-17)9(2)16-13(18)6-10-5-11(14)3-4-12(10)15/h3-5,8-9,17H,6-7H2,1-2H3,(H,16,18). The van der Waals surface area contributed by atoms with E-state index in [4.69, 9.17) is 5.11 Å². The summed E-state index contributed by atoms with van der Waals surface area (Å²) in [5, 5.41) is 11.7. The van der Waals surface area contributed by atoms with Crippen molar-refractivity contribution in [1.29, 1.82) is 0 Å². The van der Waals surface area contributed by atoms with Crippen molar-refractivity contribution in [3.8, 4) is 0 Å². The fraction of sp³-hybridized carbons (Fsp3) is 0.462. The summed E-state index contributed by atoms with van der Waals surface area (Å²) in [6.45, 7) is 3.66. The summed E-state index contributed by atoms with van der Waals surface area (Å²) in [5.74, 6) is -0.669. The Morgan fingerprint density at radius 2 is 2.17 bits per heavy atom. The van der Waals surface area contributed by atoms with Gasteiger partial charge in [0, 0.05) is 17.1 Å². The van der Waals surface area contributed by atoms with Crippen LogP contribution in [0.4, 0.5) is 4.39 Å². The zero-order chi connectivity index (χ0) is 13.7. The Balaban J connectivity index is 2.62. The van der Waals surface area contributed by atoms with E-state index in [0.29, 0.717) is 5.56 Å². The molecule has 0 fully saturated rings. The van der Waals surface area contributed by atoms with Crippen LogP contribution < -0.4 is 5.32 Å². The van der Waals surface area contributed by atoms with Crippen LogP contribution in [0, 0.1) is 11.7 Å². The van der Waals surface area contributed by atoms with E-state index in [1.165, 1.54) is 6.07 Å². The number of hydrogen-bond donors (Lipinski definition) is 2. The lowest BCUT2D eigenvalue weighted by Gasteiger charge is -2.19. The van der Waals surface area contributed by atoms with Gasteiger partial charge in [-0.25, -0.2) is 4.39 Å². The van der Waals surface area contributed by atoms with Gasteiger partial charge < -0.3 is 10.4 Å². The fourth-order valence-electron chi connectivity index (χ4n) is 1.46. The SMILES string of the molecule is CC(CO)C(C)NC(=O)Cc1cc(Br)ccc1F. The van der Waals surface area contributed by atoms with Gasteiger partial charge >= 0.3 is 0 Å². The van der Waals surface area contributed by atoms with Crippen LogP contribution in [0.1, 0.15) is 19.4 Å². The van der Waals surface area contributed by atoms with Crippen LogP contribution in [0.2, 0.25) is 0 Å². The minimum absolute atomic E-state index is 0.00619. The first-order chi connectivity index (χ1) is 8.43. The van der Waals surface area contributed by atoms with E-state index in [0.717, 1.165) is 4.47 Å². The molecule has 0 spiro atoms. The number of hydrogen-bond acceptors (Lipinski definition) is 2. The Kier molecular flexibility index (Phi) is 5.75. The summed E-state index contributed by atoms with van der Waals surface area (Å²) in [7, 11) is 0. The van der Waals surface area contributed by atoms with Crippen molar-refractivity contribution in [3.63, 3.8) is 0 Å². The molecule has 1 rings (SSSR count). The molecule has 3 nitrogen and oxygen atoms in total. The third-order valence-electron chi connectivity index (χ3n) is 2.89. The third kappa shape index (κ3) is 4.38. The van der Waals surface area contributed by atoms with Gasteiger partial charge in [0.25, 0.3) is 0 Å². The van der Waals surface area contributed by atoms with Gasteiger partial charge in [0.2, 0.25) is 5.91 Å². The van der Waals surface area contributed by atoms with Crippen molar-refractivity contribution in [2.75, 3.05) is 6.61 Å². The lowest BCUT2D eigenvalue weighted by Crippen LogP contribution is -2.39. The lowest BCUT2D eigenvalue weighted by molar-refractivity contribution is -0.121. The van der Waals surface area contributed by atoms with Gasteiger partial charge in [-0.2, -0.15) is 0 Å². The summed E-state index contributed by atoms with van der Waals surface area (Å²) < 4.78 is 14.2. The summed E-state index contributed by atoms with van der Waals surface area (Å²) in [6.07, 6.45) is -0.00619. The zero-order valence-electron chi connectivity index (χ0n) is 10.4. The molecule has 0 bridgehead atoms. The smallest absolute Gasteiger partial charge is 0.224 e. The molecule has 1 amide bonds. The van der Waals surface area contributed by atoms with Gasteiger partial charge in [0.1, 0.15) is 5.82 Å². The van der Waals surface area contributed by atoms with Gasteiger partial charge in [0.05, 0.1) is 6.42 Å². The minimum Gasteiger partial charge on any atom is -0.396 e. The van der Waals surface area contributed by atoms with Crippen molar-refractivity contribution >= 4 is 21.8 Å².